The van der Waals surface area contributed by atoms with Gasteiger partial charge in [0.15, 0.2) is 0 Å². The van der Waals surface area contributed by atoms with Crippen molar-refractivity contribution in [2.24, 2.45) is 0 Å². The highest BCUT2D eigenvalue weighted by molar-refractivity contribution is 6.06. The lowest BCUT2D eigenvalue weighted by atomic mass is 9.96. The second kappa shape index (κ2) is 7.26. The molecule has 0 saturated carbocycles. The van der Waals surface area contributed by atoms with Gasteiger partial charge in [0.05, 0.1) is 0 Å². The fourth-order valence-corrected chi connectivity index (χ4v) is 4.16. The number of carbonyl (C=O) groups is 1. The van der Waals surface area contributed by atoms with Gasteiger partial charge in [0, 0.05) is 24.6 Å². The van der Waals surface area contributed by atoms with Crippen LogP contribution in [0.3, 0.4) is 0 Å². The molecule has 1 aliphatic rings. The molecule has 0 N–H and O–H groups in total. The molecular weight excluding hydrogens is 374 g/mol. The molecule has 2 aromatic carbocycles. The maximum absolute atomic E-state index is 13.3. The van der Waals surface area contributed by atoms with Gasteiger partial charge in [0.25, 0.3) is 11.5 Å². The minimum absolute atomic E-state index is 0.0954. The van der Waals surface area contributed by atoms with Crippen LogP contribution in [0.5, 0.6) is 0 Å². The first-order chi connectivity index (χ1) is 14.6. The van der Waals surface area contributed by atoms with E-state index in [2.05, 4.69) is 23.2 Å². The number of benzene rings is 2. The Hall–Kier alpha value is -3.73. The van der Waals surface area contributed by atoms with Gasteiger partial charge < -0.3 is 4.90 Å². The molecule has 3 heterocycles. The Kier molecular flexibility index (Phi) is 4.43. The lowest BCUT2D eigenvalue weighted by Crippen LogP contribution is -2.39. The summed E-state index contributed by atoms with van der Waals surface area (Å²) in [5, 5.41) is 0. The maximum Gasteiger partial charge on any atom is 0.270 e. The van der Waals surface area contributed by atoms with Gasteiger partial charge in [-0.3, -0.25) is 14.0 Å². The summed E-state index contributed by atoms with van der Waals surface area (Å²) in [6.45, 7) is 2.49. The van der Waals surface area contributed by atoms with Gasteiger partial charge in [-0.1, -0.05) is 42.5 Å². The van der Waals surface area contributed by atoms with Gasteiger partial charge in [0.1, 0.15) is 11.2 Å². The van der Waals surface area contributed by atoms with Crippen LogP contribution in [0.2, 0.25) is 0 Å². The molecule has 4 aromatic rings. The van der Waals surface area contributed by atoms with E-state index < -0.39 is 0 Å². The van der Waals surface area contributed by atoms with Crippen LogP contribution in [0.25, 0.3) is 16.8 Å². The van der Waals surface area contributed by atoms with Crippen molar-refractivity contribution < 1.29 is 4.79 Å². The Morgan fingerprint density at radius 2 is 1.83 bits per heavy atom. The normalized spacial score (nSPS) is 13.3. The molecule has 1 amide bonds. The molecule has 1 aliphatic heterocycles. The Labute approximate surface area is 174 Å². The third-order valence-corrected chi connectivity index (χ3v) is 5.71. The average molecular weight is 395 g/mol. The van der Waals surface area contributed by atoms with Gasteiger partial charge in [-0.25, -0.2) is 4.98 Å². The number of nitrogens with zero attached hydrogens (tertiary/aromatic N) is 3. The van der Waals surface area contributed by atoms with Crippen molar-refractivity contribution in [2.45, 2.75) is 19.8 Å². The zero-order valence-corrected chi connectivity index (χ0v) is 16.7. The van der Waals surface area contributed by atoms with E-state index in [1.54, 1.807) is 17.2 Å². The number of anilines is 1. The van der Waals surface area contributed by atoms with Crippen molar-refractivity contribution >= 4 is 17.2 Å². The minimum Gasteiger partial charge on any atom is -0.308 e. The molecule has 0 atom stereocenters. The van der Waals surface area contributed by atoms with E-state index in [0.29, 0.717) is 12.2 Å². The topological polar surface area (TPSA) is 54.7 Å². The minimum atomic E-state index is -0.332. The highest BCUT2D eigenvalue weighted by Crippen LogP contribution is 2.32. The lowest BCUT2D eigenvalue weighted by molar-refractivity contribution is 0.0983. The molecular formula is C25H21N3O2. The highest BCUT2D eigenvalue weighted by Gasteiger charge is 2.26. The van der Waals surface area contributed by atoms with E-state index in [0.717, 1.165) is 40.8 Å². The number of aryl methyl sites for hydroxylation is 2. The summed E-state index contributed by atoms with van der Waals surface area (Å²) in [5.74, 6) is -0.295. The number of pyridine rings is 1. The highest BCUT2D eigenvalue weighted by atomic mass is 16.2. The van der Waals surface area contributed by atoms with Crippen LogP contribution < -0.4 is 10.5 Å². The molecule has 0 spiro atoms. The van der Waals surface area contributed by atoms with Crippen molar-refractivity contribution in [1.29, 1.82) is 0 Å². The van der Waals surface area contributed by atoms with Gasteiger partial charge in [-0.2, -0.15) is 0 Å². The first-order valence-corrected chi connectivity index (χ1v) is 10.1. The summed E-state index contributed by atoms with van der Waals surface area (Å²) in [6, 6.07) is 20.1. The molecule has 0 fully saturated rings. The van der Waals surface area contributed by atoms with Crippen LogP contribution in [0.15, 0.2) is 77.9 Å². The second-order valence-electron chi connectivity index (χ2n) is 7.63. The number of hydrogen-bond acceptors (Lipinski definition) is 3. The van der Waals surface area contributed by atoms with Gasteiger partial charge >= 0.3 is 0 Å². The fraction of sp³-hybridized carbons (Fsp3) is 0.160. The van der Waals surface area contributed by atoms with E-state index in [-0.39, 0.29) is 17.0 Å². The lowest BCUT2D eigenvalue weighted by Gasteiger charge is -2.30. The molecule has 148 valence electrons. The Balaban J connectivity index is 1.55. The van der Waals surface area contributed by atoms with Crippen molar-refractivity contribution in [3.8, 4) is 11.1 Å². The Morgan fingerprint density at radius 3 is 2.67 bits per heavy atom. The number of amides is 1. The predicted octanol–water partition coefficient (Wildman–Crippen LogP) is 4.26. The van der Waals surface area contributed by atoms with Crippen LogP contribution >= 0.6 is 0 Å². The zero-order chi connectivity index (χ0) is 20.7. The molecule has 30 heavy (non-hydrogen) atoms. The second-order valence-corrected chi connectivity index (χ2v) is 7.63. The first kappa shape index (κ1) is 18.3. The van der Waals surface area contributed by atoms with Crippen LogP contribution in [0.1, 0.15) is 27.9 Å². The largest absolute Gasteiger partial charge is 0.308 e. The summed E-state index contributed by atoms with van der Waals surface area (Å²) in [7, 11) is 0. The zero-order valence-electron chi connectivity index (χ0n) is 16.7. The van der Waals surface area contributed by atoms with Gasteiger partial charge in [-0.05, 0) is 60.2 Å². The maximum atomic E-state index is 13.3. The Morgan fingerprint density at radius 1 is 1.00 bits per heavy atom. The summed E-state index contributed by atoms with van der Waals surface area (Å²) in [5.41, 5.74) is 5.51. The van der Waals surface area contributed by atoms with Crippen molar-refractivity contribution in [3.63, 3.8) is 0 Å². The third kappa shape index (κ3) is 2.99. The first-order valence-electron chi connectivity index (χ1n) is 10.1. The van der Waals surface area contributed by atoms with Gasteiger partial charge in [-0.15, -0.1) is 0 Å². The van der Waals surface area contributed by atoms with Crippen LogP contribution in [-0.2, 0) is 6.42 Å². The Bertz CT molecular complexity index is 1330. The fourth-order valence-electron chi connectivity index (χ4n) is 4.16. The van der Waals surface area contributed by atoms with Crippen molar-refractivity contribution in [3.05, 3.63) is 100 Å². The van der Waals surface area contributed by atoms with Crippen molar-refractivity contribution in [2.75, 3.05) is 11.4 Å². The standard InChI is InChI=1S/C25H21N3O2/c1-17-7-5-14-28-23(17)26-16-21(25(28)30)24(29)27-13-6-10-20-15-19(11-12-22(20)27)18-8-3-2-4-9-18/h2-5,7-9,11-12,14-16H,6,10,13H2,1H3. The van der Waals surface area contributed by atoms with Gasteiger partial charge in [0.2, 0.25) is 0 Å². The van der Waals surface area contributed by atoms with Crippen LogP contribution in [0.4, 0.5) is 5.69 Å². The number of aromatic nitrogens is 2. The summed E-state index contributed by atoms with van der Waals surface area (Å²) in [4.78, 5) is 32.4. The van der Waals surface area contributed by atoms with E-state index in [9.17, 15) is 9.59 Å². The quantitative estimate of drug-likeness (QED) is 0.510. The summed E-state index contributed by atoms with van der Waals surface area (Å²) in [6.07, 6.45) is 4.84. The number of rotatable bonds is 2. The molecule has 2 aromatic heterocycles. The molecule has 0 saturated heterocycles. The van der Waals surface area contributed by atoms with E-state index in [1.165, 1.54) is 10.6 Å². The third-order valence-electron chi connectivity index (χ3n) is 5.71. The number of hydrogen-bond donors (Lipinski definition) is 0. The molecule has 0 unspecified atom stereocenters. The molecule has 0 bridgehead atoms. The average Bonchev–Trinajstić information content (AvgIpc) is 2.79. The monoisotopic (exact) mass is 395 g/mol. The summed E-state index contributed by atoms with van der Waals surface area (Å²) >= 11 is 0. The molecule has 5 nitrogen and oxygen atoms in total. The van der Waals surface area contributed by atoms with Crippen LogP contribution in [0, 0.1) is 6.92 Å². The van der Waals surface area contributed by atoms with E-state index in [1.807, 2.05) is 43.3 Å². The SMILES string of the molecule is Cc1cccn2c(=O)c(C(=O)N3CCCc4cc(-c5ccccc5)ccc43)cnc12. The molecule has 0 radical (unpaired) electrons. The molecule has 5 heteroatoms. The van der Waals surface area contributed by atoms with Crippen LogP contribution in [-0.4, -0.2) is 21.8 Å². The predicted molar refractivity (Wildman–Crippen MR) is 118 cm³/mol. The molecule has 0 aliphatic carbocycles. The smallest absolute Gasteiger partial charge is 0.270 e. The number of carbonyl (C=O) groups excluding carboxylic acids is 1. The summed E-state index contributed by atoms with van der Waals surface area (Å²) < 4.78 is 1.45. The van der Waals surface area contributed by atoms with E-state index in [4.69, 9.17) is 0 Å². The molecule has 5 rings (SSSR count). The number of fused-ring (bicyclic) bond motifs is 2. The van der Waals surface area contributed by atoms with E-state index >= 15 is 0 Å². The van der Waals surface area contributed by atoms with Crippen molar-refractivity contribution in [1.82, 2.24) is 9.38 Å².